The van der Waals surface area contributed by atoms with Crippen LogP contribution in [0.25, 0.3) is 0 Å². The van der Waals surface area contributed by atoms with E-state index in [1.165, 1.54) is 12.1 Å². The van der Waals surface area contributed by atoms with Crippen LogP contribution >= 0.6 is 0 Å². The molecule has 1 aliphatic rings. The highest BCUT2D eigenvalue weighted by Crippen LogP contribution is 2.36. The summed E-state index contributed by atoms with van der Waals surface area (Å²) in [6, 6.07) is 2.79. The van der Waals surface area contributed by atoms with Crippen LogP contribution in [0.3, 0.4) is 0 Å². The zero-order valence-electron chi connectivity index (χ0n) is 13.4. The average Bonchev–Trinajstić information content (AvgIpc) is 2.53. The second-order valence-corrected chi connectivity index (χ2v) is 5.69. The van der Waals surface area contributed by atoms with Gasteiger partial charge in [-0.3, -0.25) is 0 Å². The molecule has 2 rings (SSSR count). The van der Waals surface area contributed by atoms with Gasteiger partial charge < -0.3 is 15.0 Å². The van der Waals surface area contributed by atoms with Gasteiger partial charge in [-0.2, -0.15) is 13.2 Å². The lowest BCUT2D eigenvalue weighted by Gasteiger charge is -2.38. The molecule has 1 aliphatic heterocycles. The van der Waals surface area contributed by atoms with E-state index in [9.17, 15) is 18.0 Å². The van der Waals surface area contributed by atoms with Crippen molar-refractivity contribution < 1.29 is 28.0 Å². The number of rotatable bonds is 3. The molecule has 2 N–H and O–H groups in total. The van der Waals surface area contributed by atoms with Crippen LogP contribution in [0.1, 0.15) is 36.5 Å². The first kappa shape index (κ1) is 17.5. The fourth-order valence-electron chi connectivity index (χ4n) is 2.77. The van der Waals surface area contributed by atoms with Crippen molar-refractivity contribution in [2.24, 2.45) is 0 Å². The Bertz CT molecular complexity index is 578. The number of methoxy groups -OCH3 is 1. The number of carbonyl (C=O) groups excluding carboxylic acids is 1. The first-order chi connectivity index (χ1) is 10.8. The van der Waals surface area contributed by atoms with Gasteiger partial charge in [-0.25, -0.2) is 9.78 Å². The predicted octanol–water partition coefficient (Wildman–Crippen LogP) is 1.44. The van der Waals surface area contributed by atoms with Gasteiger partial charge in [-0.05, 0) is 25.5 Å². The average molecular weight is 332 g/mol. The van der Waals surface area contributed by atoms with E-state index in [1.807, 2.05) is 13.8 Å². The number of hydrogen-bond donors (Lipinski definition) is 1. The van der Waals surface area contributed by atoms with Gasteiger partial charge in [-0.1, -0.05) is 6.92 Å². The van der Waals surface area contributed by atoms with Crippen molar-refractivity contribution in [1.82, 2.24) is 4.98 Å². The van der Waals surface area contributed by atoms with Crippen LogP contribution in [0.5, 0.6) is 0 Å². The van der Waals surface area contributed by atoms with Crippen LogP contribution < -0.4 is 10.2 Å². The maximum Gasteiger partial charge on any atom is 0.435 e. The number of piperazine rings is 1. The molecule has 0 spiro atoms. The van der Waals surface area contributed by atoms with E-state index in [-0.39, 0.29) is 23.5 Å². The summed E-state index contributed by atoms with van der Waals surface area (Å²) in [6.45, 7) is 5.13. The lowest BCUT2D eigenvalue weighted by molar-refractivity contribution is -0.694. The molecule has 23 heavy (non-hydrogen) atoms. The molecular formula is C15H21F3N3O2+. The van der Waals surface area contributed by atoms with Crippen molar-refractivity contribution in [1.29, 1.82) is 0 Å². The Morgan fingerprint density at radius 2 is 2.17 bits per heavy atom. The molecule has 0 saturated carbocycles. The van der Waals surface area contributed by atoms with Crippen LogP contribution in [-0.4, -0.2) is 43.2 Å². The van der Waals surface area contributed by atoms with Crippen molar-refractivity contribution in [2.45, 2.75) is 38.5 Å². The molecule has 2 atom stereocenters. The SMILES string of the molecule is CC[C@H]1CN(c2ccc(C(=O)OC)nc2C(F)(F)F)[C@H](C)C[NH2+]1. The van der Waals surface area contributed by atoms with E-state index in [1.54, 1.807) is 4.90 Å². The molecule has 0 aromatic carbocycles. The van der Waals surface area contributed by atoms with E-state index in [0.29, 0.717) is 13.1 Å². The number of nitrogens with two attached hydrogens (primary N) is 1. The number of hydrogen-bond acceptors (Lipinski definition) is 4. The molecule has 1 aromatic rings. The highest BCUT2D eigenvalue weighted by atomic mass is 19.4. The Balaban J connectivity index is 2.46. The number of ether oxygens (including phenoxy) is 1. The molecule has 5 nitrogen and oxygen atoms in total. The van der Waals surface area contributed by atoms with Crippen LogP contribution in [-0.2, 0) is 10.9 Å². The largest absolute Gasteiger partial charge is 0.464 e. The predicted molar refractivity (Wildman–Crippen MR) is 78.3 cm³/mol. The Hall–Kier alpha value is -1.83. The van der Waals surface area contributed by atoms with Crippen molar-refractivity contribution in [2.75, 3.05) is 25.1 Å². The number of quaternary nitrogens is 1. The summed E-state index contributed by atoms with van der Waals surface area (Å²) in [6.07, 6.45) is -3.76. The lowest BCUT2D eigenvalue weighted by atomic mass is 10.1. The van der Waals surface area contributed by atoms with Gasteiger partial charge in [-0.15, -0.1) is 0 Å². The van der Waals surface area contributed by atoms with Gasteiger partial charge in [0.25, 0.3) is 0 Å². The minimum absolute atomic E-state index is 0.0178. The van der Waals surface area contributed by atoms with Crippen molar-refractivity contribution >= 4 is 11.7 Å². The van der Waals surface area contributed by atoms with Gasteiger partial charge >= 0.3 is 12.1 Å². The van der Waals surface area contributed by atoms with E-state index in [4.69, 9.17) is 0 Å². The number of halogens is 3. The summed E-state index contributed by atoms with van der Waals surface area (Å²) in [5, 5.41) is 2.16. The Kier molecular flexibility index (Phi) is 5.13. The van der Waals surface area contributed by atoms with Crippen LogP contribution in [0.4, 0.5) is 18.9 Å². The van der Waals surface area contributed by atoms with E-state index in [2.05, 4.69) is 15.0 Å². The summed E-state index contributed by atoms with van der Waals surface area (Å²) in [4.78, 5) is 16.7. The highest BCUT2D eigenvalue weighted by molar-refractivity contribution is 5.87. The van der Waals surface area contributed by atoms with Crippen molar-refractivity contribution in [3.05, 3.63) is 23.5 Å². The second kappa shape index (κ2) is 6.74. The molecule has 8 heteroatoms. The fraction of sp³-hybridized carbons (Fsp3) is 0.600. The fourth-order valence-corrected chi connectivity index (χ4v) is 2.77. The van der Waals surface area contributed by atoms with Gasteiger partial charge in [0, 0.05) is 0 Å². The molecule has 1 saturated heterocycles. The maximum atomic E-state index is 13.4. The number of alkyl halides is 3. The first-order valence-electron chi connectivity index (χ1n) is 7.54. The van der Waals surface area contributed by atoms with Crippen LogP contribution in [0, 0.1) is 0 Å². The van der Waals surface area contributed by atoms with Gasteiger partial charge in [0.15, 0.2) is 5.69 Å². The quantitative estimate of drug-likeness (QED) is 0.851. The molecule has 0 aliphatic carbocycles. The summed E-state index contributed by atoms with van der Waals surface area (Å²) in [5.41, 5.74) is -1.36. The molecule has 1 fully saturated rings. The molecule has 128 valence electrons. The maximum absolute atomic E-state index is 13.4. The number of anilines is 1. The number of esters is 1. The van der Waals surface area contributed by atoms with Crippen LogP contribution in [0.15, 0.2) is 12.1 Å². The van der Waals surface area contributed by atoms with Crippen LogP contribution in [0.2, 0.25) is 0 Å². The molecule has 1 aromatic heterocycles. The summed E-state index contributed by atoms with van der Waals surface area (Å²) < 4.78 is 44.7. The minimum Gasteiger partial charge on any atom is -0.464 e. The lowest BCUT2D eigenvalue weighted by Crippen LogP contribution is -2.96. The summed E-state index contributed by atoms with van der Waals surface area (Å²) >= 11 is 0. The Labute approximate surface area is 132 Å². The van der Waals surface area contributed by atoms with Crippen molar-refractivity contribution in [3.8, 4) is 0 Å². The molecule has 0 amide bonds. The molecule has 2 heterocycles. The number of carbonyl (C=O) groups is 1. The van der Waals surface area contributed by atoms with Gasteiger partial charge in [0.2, 0.25) is 0 Å². The van der Waals surface area contributed by atoms with Gasteiger partial charge in [0.1, 0.15) is 11.7 Å². The standard InChI is InChI=1S/C15H20F3N3O2/c1-4-10-8-21(9(2)7-19-10)12-6-5-11(14(22)23-3)20-13(12)15(16,17)18/h5-6,9-10,19H,4,7-8H2,1-3H3/p+1/t9-,10+/m1/s1. The zero-order chi connectivity index (χ0) is 17.2. The normalized spacial score (nSPS) is 22.1. The first-order valence-corrected chi connectivity index (χ1v) is 7.54. The molecule has 0 radical (unpaired) electrons. The van der Waals surface area contributed by atoms with E-state index >= 15 is 0 Å². The Morgan fingerprint density at radius 3 is 2.74 bits per heavy atom. The third-order valence-electron chi connectivity index (χ3n) is 4.14. The molecule has 0 bridgehead atoms. The van der Waals surface area contributed by atoms with Crippen molar-refractivity contribution in [3.63, 3.8) is 0 Å². The number of nitrogens with zero attached hydrogens (tertiary/aromatic N) is 2. The molecular weight excluding hydrogens is 311 g/mol. The minimum atomic E-state index is -4.64. The summed E-state index contributed by atoms with van der Waals surface area (Å²) in [5.74, 6) is -0.881. The van der Waals surface area contributed by atoms with Gasteiger partial charge in [0.05, 0.1) is 31.9 Å². The number of pyridine rings is 1. The Morgan fingerprint density at radius 1 is 1.48 bits per heavy atom. The molecule has 0 unspecified atom stereocenters. The third-order valence-corrected chi connectivity index (χ3v) is 4.14. The monoisotopic (exact) mass is 332 g/mol. The third kappa shape index (κ3) is 3.74. The number of aromatic nitrogens is 1. The van der Waals surface area contributed by atoms with E-state index in [0.717, 1.165) is 13.5 Å². The second-order valence-electron chi connectivity index (χ2n) is 5.69. The highest BCUT2D eigenvalue weighted by Gasteiger charge is 2.40. The topological polar surface area (TPSA) is 59.0 Å². The zero-order valence-corrected chi connectivity index (χ0v) is 13.4. The smallest absolute Gasteiger partial charge is 0.435 e. The van der Waals surface area contributed by atoms with E-state index < -0.39 is 17.8 Å². The summed E-state index contributed by atoms with van der Waals surface area (Å²) in [7, 11) is 1.11.